The van der Waals surface area contributed by atoms with Crippen LogP contribution in [0.25, 0.3) is 0 Å². The standard InChI is InChI=1S/C6H12N2.C4H8O2.C2H6/c1-8-4-5-2-6(8)3-7-5;1-4(2)6-3-5;1-2/h5-7H,2-4H2,1H3;3-4H,1-2H3;1-2H3. The highest BCUT2D eigenvalue weighted by Crippen LogP contribution is 2.20. The van der Waals surface area contributed by atoms with Gasteiger partial charge in [-0.15, -0.1) is 0 Å². The Morgan fingerprint density at radius 2 is 2.06 bits per heavy atom. The first-order valence-electron chi connectivity index (χ1n) is 6.16. The quantitative estimate of drug-likeness (QED) is 0.725. The highest BCUT2D eigenvalue weighted by atomic mass is 16.5. The van der Waals surface area contributed by atoms with E-state index in [4.69, 9.17) is 0 Å². The van der Waals surface area contributed by atoms with E-state index < -0.39 is 0 Å². The van der Waals surface area contributed by atoms with Crippen molar-refractivity contribution in [1.82, 2.24) is 10.2 Å². The Balaban J connectivity index is 0.000000254. The third-order valence-corrected chi connectivity index (χ3v) is 2.66. The molecule has 0 aromatic rings. The molecule has 2 saturated heterocycles. The van der Waals surface area contributed by atoms with Crippen LogP contribution in [0.4, 0.5) is 0 Å². The van der Waals surface area contributed by atoms with Crippen molar-refractivity contribution in [3.63, 3.8) is 0 Å². The van der Waals surface area contributed by atoms with E-state index in [0.717, 1.165) is 12.1 Å². The molecule has 4 heteroatoms. The van der Waals surface area contributed by atoms with Crippen LogP contribution >= 0.6 is 0 Å². The number of likely N-dealkylation sites (tertiary alicyclic amines) is 1. The molecule has 2 heterocycles. The van der Waals surface area contributed by atoms with E-state index in [0.29, 0.717) is 6.47 Å². The van der Waals surface area contributed by atoms with Crippen LogP contribution in [0, 0.1) is 0 Å². The van der Waals surface area contributed by atoms with Crippen LogP contribution in [-0.2, 0) is 9.53 Å². The lowest BCUT2D eigenvalue weighted by Crippen LogP contribution is -2.41. The van der Waals surface area contributed by atoms with Gasteiger partial charge in [0.15, 0.2) is 0 Å². The number of piperazine rings is 1. The van der Waals surface area contributed by atoms with E-state index >= 15 is 0 Å². The molecule has 16 heavy (non-hydrogen) atoms. The molecular formula is C12H26N2O2. The third kappa shape index (κ3) is 5.47. The van der Waals surface area contributed by atoms with E-state index in [1.54, 1.807) is 13.8 Å². The summed E-state index contributed by atoms with van der Waals surface area (Å²) in [6.45, 7) is 10.5. The molecule has 2 aliphatic rings. The highest BCUT2D eigenvalue weighted by molar-refractivity contribution is 5.37. The monoisotopic (exact) mass is 230 g/mol. The van der Waals surface area contributed by atoms with E-state index in [-0.39, 0.29) is 6.10 Å². The van der Waals surface area contributed by atoms with Gasteiger partial charge in [-0.25, -0.2) is 0 Å². The highest BCUT2D eigenvalue weighted by Gasteiger charge is 2.34. The van der Waals surface area contributed by atoms with Crippen LogP contribution < -0.4 is 5.32 Å². The molecule has 0 saturated carbocycles. The van der Waals surface area contributed by atoms with Crippen LogP contribution in [0.15, 0.2) is 0 Å². The van der Waals surface area contributed by atoms with Crippen LogP contribution in [0.2, 0.25) is 0 Å². The molecule has 2 aliphatic heterocycles. The number of likely N-dealkylation sites (N-methyl/N-ethyl adjacent to an activating group) is 1. The van der Waals surface area contributed by atoms with E-state index in [1.165, 1.54) is 19.5 Å². The van der Waals surface area contributed by atoms with Crippen molar-refractivity contribution in [2.75, 3.05) is 20.1 Å². The SMILES string of the molecule is CC.CC(C)OC=O.CN1CC2CC1CN2. The Labute approximate surface area is 99.3 Å². The molecule has 2 fully saturated rings. The number of ether oxygens (including phenoxy) is 1. The van der Waals surface area contributed by atoms with Crippen molar-refractivity contribution < 1.29 is 9.53 Å². The zero-order valence-corrected chi connectivity index (χ0v) is 11.2. The molecule has 1 N–H and O–H groups in total. The van der Waals surface area contributed by atoms with Crippen LogP contribution in [0.1, 0.15) is 34.1 Å². The number of carbonyl (C=O) groups is 1. The Morgan fingerprint density at radius 3 is 2.19 bits per heavy atom. The van der Waals surface area contributed by atoms with Gasteiger partial charge in [-0.05, 0) is 27.3 Å². The minimum absolute atomic E-state index is 0.0301. The van der Waals surface area contributed by atoms with Crippen molar-refractivity contribution in [3.8, 4) is 0 Å². The largest absolute Gasteiger partial charge is 0.465 e. The fourth-order valence-electron chi connectivity index (χ4n) is 1.88. The molecule has 0 spiro atoms. The molecule has 0 aromatic carbocycles. The van der Waals surface area contributed by atoms with Gasteiger partial charge >= 0.3 is 0 Å². The molecule has 2 atom stereocenters. The third-order valence-electron chi connectivity index (χ3n) is 2.66. The Bertz CT molecular complexity index is 184. The van der Waals surface area contributed by atoms with Crippen molar-refractivity contribution >= 4 is 6.47 Å². The molecule has 0 radical (unpaired) electrons. The lowest BCUT2D eigenvalue weighted by Gasteiger charge is -2.21. The van der Waals surface area contributed by atoms with Crippen LogP contribution in [-0.4, -0.2) is 49.7 Å². The summed E-state index contributed by atoms with van der Waals surface area (Å²) in [5, 5.41) is 3.44. The van der Waals surface area contributed by atoms with Gasteiger partial charge in [0.1, 0.15) is 0 Å². The summed E-state index contributed by atoms with van der Waals surface area (Å²) in [5.74, 6) is 0. The zero-order valence-electron chi connectivity index (χ0n) is 11.2. The fourth-order valence-corrected chi connectivity index (χ4v) is 1.88. The maximum absolute atomic E-state index is 9.39. The second kappa shape index (κ2) is 8.53. The predicted molar refractivity (Wildman–Crippen MR) is 66.5 cm³/mol. The van der Waals surface area contributed by atoms with E-state index in [9.17, 15) is 4.79 Å². The van der Waals surface area contributed by atoms with Gasteiger partial charge in [0.2, 0.25) is 0 Å². The fraction of sp³-hybridized carbons (Fsp3) is 0.917. The first kappa shape index (κ1) is 15.4. The van der Waals surface area contributed by atoms with E-state index in [2.05, 4.69) is 22.0 Å². The minimum Gasteiger partial charge on any atom is -0.465 e. The van der Waals surface area contributed by atoms with Gasteiger partial charge in [0.05, 0.1) is 6.10 Å². The number of rotatable bonds is 2. The molecule has 2 unspecified atom stereocenters. The number of nitrogens with zero attached hydrogens (tertiary/aromatic N) is 1. The maximum Gasteiger partial charge on any atom is 0.293 e. The lowest BCUT2D eigenvalue weighted by atomic mass is 10.2. The summed E-state index contributed by atoms with van der Waals surface area (Å²) < 4.78 is 4.36. The smallest absolute Gasteiger partial charge is 0.293 e. The minimum atomic E-state index is 0.0301. The molecule has 2 rings (SSSR count). The van der Waals surface area contributed by atoms with Gasteiger partial charge < -0.3 is 15.0 Å². The molecule has 96 valence electrons. The molecule has 0 amide bonds. The summed E-state index contributed by atoms with van der Waals surface area (Å²) in [6, 6.07) is 1.69. The van der Waals surface area contributed by atoms with Crippen LogP contribution in [0.5, 0.6) is 0 Å². The lowest BCUT2D eigenvalue weighted by molar-refractivity contribution is -0.131. The first-order valence-corrected chi connectivity index (χ1v) is 6.16. The molecular weight excluding hydrogens is 204 g/mol. The van der Waals surface area contributed by atoms with Crippen molar-refractivity contribution in [2.45, 2.75) is 52.3 Å². The average Bonchev–Trinajstić information content (AvgIpc) is 2.82. The zero-order chi connectivity index (χ0) is 12.6. The molecule has 2 bridgehead atoms. The average molecular weight is 230 g/mol. The van der Waals surface area contributed by atoms with Gasteiger partial charge in [-0.2, -0.15) is 0 Å². The second-order valence-corrected chi connectivity index (χ2v) is 4.22. The molecule has 0 aromatic heterocycles. The second-order valence-electron chi connectivity index (χ2n) is 4.22. The number of fused-ring (bicyclic) bond motifs is 2. The maximum atomic E-state index is 9.39. The van der Waals surface area contributed by atoms with Gasteiger partial charge in [-0.3, -0.25) is 4.79 Å². The normalized spacial score (nSPS) is 26.6. The van der Waals surface area contributed by atoms with Crippen molar-refractivity contribution in [1.29, 1.82) is 0 Å². The topological polar surface area (TPSA) is 41.6 Å². The Kier molecular flexibility index (Phi) is 8.21. The predicted octanol–water partition coefficient (Wildman–Crippen LogP) is 1.26. The summed E-state index contributed by atoms with van der Waals surface area (Å²) >= 11 is 0. The number of nitrogens with one attached hydrogen (secondary N) is 1. The number of hydrogen-bond donors (Lipinski definition) is 1. The first-order chi connectivity index (χ1) is 7.63. The summed E-state index contributed by atoms with van der Waals surface area (Å²) in [5.41, 5.74) is 0. The summed E-state index contributed by atoms with van der Waals surface area (Å²) in [6.07, 6.45) is 1.42. The van der Waals surface area contributed by atoms with Crippen molar-refractivity contribution in [3.05, 3.63) is 0 Å². The Hall–Kier alpha value is -0.610. The summed E-state index contributed by atoms with van der Waals surface area (Å²) in [4.78, 5) is 11.8. The number of hydrogen-bond acceptors (Lipinski definition) is 4. The van der Waals surface area contributed by atoms with Crippen molar-refractivity contribution in [2.24, 2.45) is 0 Å². The van der Waals surface area contributed by atoms with Gasteiger partial charge in [0, 0.05) is 25.2 Å². The van der Waals surface area contributed by atoms with Gasteiger partial charge in [0.25, 0.3) is 6.47 Å². The summed E-state index contributed by atoms with van der Waals surface area (Å²) in [7, 11) is 2.21. The Morgan fingerprint density at radius 1 is 1.44 bits per heavy atom. The van der Waals surface area contributed by atoms with Gasteiger partial charge in [-0.1, -0.05) is 13.8 Å². The van der Waals surface area contributed by atoms with Crippen LogP contribution in [0.3, 0.4) is 0 Å². The van der Waals surface area contributed by atoms with E-state index in [1.807, 2.05) is 13.8 Å². The molecule has 0 aliphatic carbocycles. The number of carbonyl (C=O) groups excluding carboxylic acids is 1. The molecule has 4 nitrogen and oxygen atoms in total.